The first-order chi connectivity index (χ1) is 8.24. The van der Waals surface area contributed by atoms with E-state index >= 15 is 0 Å². The Morgan fingerprint density at radius 3 is 2.47 bits per heavy atom. The SMILES string of the molecule is COCCCCC(CNC(C)C)C1CCCC1. The van der Waals surface area contributed by atoms with Gasteiger partial charge in [0.05, 0.1) is 0 Å². The van der Waals surface area contributed by atoms with E-state index in [0.29, 0.717) is 6.04 Å². The Morgan fingerprint density at radius 2 is 1.88 bits per heavy atom. The maximum Gasteiger partial charge on any atom is 0.0462 e. The van der Waals surface area contributed by atoms with Crippen LogP contribution in [-0.4, -0.2) is 26.3 Å². The van der Waals surface area contributed by atoms with Crippen molar-refractivity contribution in [2.24, 2.45) is 11.8 Å². The van der Waals surface area contributed by atoms with Crippen molar-refractivity contribution in [3.05, 3.63) is 0 Å². The summed E-state index contributed by atoms with van der Waals surface area (Å²) in [7, 11) is 1.80. The van der Waals surface area contributed by atoms with Crippen LogP contribution in [0.1, 0.15) is 58.8 Å². The van der Waals surface area contributed by atoms with Crippen LogP contribution in [0.3, 0.4) is 0 Å². The third-order valence-corrected chi connectivity index (χ3v) is 4.03. The van der Waals surface area contributed by atoms with Gasteiger partial charge in [0.15, 0.2) is 0 Å². The summed E-state index contributed by atoms with van der Waals surface area (Å²) in [6.07, 6.45) is 9.79. The van der Waals surface area contributed by atoms with Gasteiger partial charge in [-0.1, -0.05) is 46.0 Å². The molecule has 1 aliphatic rings. The van der Waals surface area contributed by atoms with Crippen molar-refractivity contribution in [3.63, 3.8) is 0 Å². The highest BCUT2D eigenvalue weighted by atomic mass is 16.5. The third-order valence-electron chi connectivity index (χ3n) is 4.03. The summed E-state index contributed by atoms with van der Waals surface area (Å²) in [5.74, 6) is 1.89. The molecule has 0 aromatic carbocycles. The van der Waals surface area contributed by atoms with Gasteiger partial charge in [-0.2, -0.15) is 0 Å². The maximum absolute atomic E-state index is 5.13. The van der Waals surface area contributed by atoms with Crippen LogP contribution in [0.4, 0.5) is 0 Å². The Labute approximate surface area is 108 Å². The first kappa shape index (κ1) is 15.0. The Balaban J connectivity index is 2.24. The summed E-state index contributed by atoms with van der Waals surface area (Å²) in [4.78, 5) is 0. The Hall–Kier alpha value is -0.0800. The monoisotopic (exact) mass is 241 g/mol. The molecule has 1 atom stereocenters. The fourth-order valence-corrected chi connectivity index (χ4v) is 2.97. The van der Waals surface area contributed by atoms with Gasteiger partial charge in [0.1, 0.15) is 0 Å². The summed E-state index contributed by atoms with van der Waals surface area (Å²) in [5.41, 5.74) is 0. The lowest BCUT2D eigenvalue weighted by molar-refractivity contribution is 0.186. The van der Waals surface area contributed by atoms with E-state index in [9.17, 15) is 0 Å². The van der Waals surface area contributed by atoms with E-state index in [1.165, 1.54) is 51.5 Å². The first-order valence-electron chi connectivity index (χ1n) is 7.46. The van der Waals surface area contributed by atoms with Crippen LogP contribution in [0, 0.1) is 11.8 Å². The van der Waals surface area contributed by atoms with E-state index in [0.717, 1.165) is 18.4 Å². The van der Waals surface area contributed by atoms with E-state index < -0.39 is 0 Å². The lowest BCUT2D eigenvalue weighted by Crippen LogP contribution is -2.32. The molecule has 1 N–H and O–H groups in total. The topological polar surface area (TPSA) is 21.3 Å². The van der Waals surface area contributed by atoms with E-state index in [1.54, 1.807) is 7.11 Å². The zero-order chi connectivity index (χ0) is 12.5. The molecule has 0 aromatic rings. The van der Waals surface area contributed by atoms with Gasteiger partial charge in [0.25, 0.3) is 0 Å². The molecule has 1 saturated carbocycles. The molecule has 1 unspecified atom stereocenters. The average Bonchev–Trinajstić information content (AvgIpc) is 2.81. The predicted molar refractivity (Wildman–Crippen MR) is 74.3 cm³/mol. The molecule has 2 heteroatoms. The van der Waals surface area contributed by atoms with Crippen LogP contribution in [0.15, 0.2) is 0 Å². The normalized spacial score (nSPS) is 19.1. The number of hydrogen-bond acceptors (Lipinski definition) is 2. The highest BCUT2D eigenvalue weighted by Crippen LogP contribution is 2.33. The van der Waals surface area contributed by atoms with Crippen molar-refractivity contribution < 1.29 is 4.74 Å². The van der Waals surface area contributed by atoms with E-state index in [1.807, 2.05) is 0 Å². The zero-order valence-electron chi connectivity index (χ0n) is 12.0. The fraction of sp³-hybridized carbons (Fsp3) is 1.00. The quantitative estimate of drug-likeness (QED) is 0.623. The van der Waals surface area contributed by atoms with Crippen LogP contribution in [-0.2, 0) is 4.74 Å². The molecule has 0 bridgehead atoms. The third kappa shape index (κ3) is 6.42. The van der Waals surface area contributed by atoms with Crippen LogP contribution in [0.5, 0.6) is 0 Å². The van der Waals surface area contributed by atoms with Gasteiger partial charge in [-0.3, -0.25) is 0 Å². The summed E-state index contributed by atoms with van der Waals surface area (Å²) in [6.45, 7) is 6.64. The second kappa shape index (κ2) is 8.93. The second-order valence-corrected chi connectivity index (χ2v) is 5.86. The van der Waals surface area contributed by atoms with Gasteiger partial charge in [-0.15, -0.1) is 0 Å². The number of nitrogens with one attached hydrogen (secondary N) is 1. The van der Waals surface area contributed by atoms with Gasteiger partial charge >= 0.3 is 0 Å². The average molecular weight is 241 g/mol. The maximum atomic E-state index is 5.13. The minimum Gasteiger partial charge on any atom is -0.385 e. The van der Waals surface area contributed by atoms with Crippen molar-refractivity contribution in [1.29, 1.82) is 0 Å². The number of hydrogen-bond donors (Lipinski definition) is 1. The molecular weight excluding hydrogens is 210 g/mol. The molecule has 2 nitrogen and oxygen atoms in total. The molecule has 17 heavy (non-hydrogen) atoms. The lowest BCUT2D eigenvalue weighted by Gasteiger charge is -2.25. The lowest BCUT2D eigenvalue weighted by atomic mass is 9.86. The minimum atomic E-state index is 0.623. The number of ether oxygens (including phenoxy) is 1. The van der Waals surface area contributed by atoms with E-state index in [-0.39, 0.29) is 0 Å². The van der Waals surface area contributed by atoms with Crippen molar-refractivity contribution >= 4 is 0 Å². The molecule has 0 radical (unpaired) electrons. The van der Waals surface area contributed by atoms with Crippen LogP contribution in [0.25, 0.3) is 0 Å². The van der Waals surface area contributed by atoms with Gasteiger partial charge in [0.2, 0.25) is 0 Å². The number of unbranched alkanes of at least 4 members (excludes halogenated alkanes) is 1. The largest absolute Gasteiger partial charge is 0.385 e. The van der Waals surface area contributed by atoms with Crippen molar-refractivity contribution in [2.45, 2.75) is 64.8 Å². The number of methoxy groups -OCH3 is 1. The minimum absolute atomic E-state index is 0.623. The molecule has 0 saturated heterocycles. The van der Waals surface area contributed by atoms with Crippen LogP contribution < -0.4 is 5.32 Å². The summed E-state index contributed by atoms with van der Waals surface area (Å²) in [6, 6.07) is 0.623. The first-order valence-corrected chi connectivity index (χ1v) is 7.46. The second-order valence-electron chi connectivity index (χ2n) is 5.86. The Morgan fingerprint density at radius 1 is 1.18 bits per heavy atom. The van der Waals surface area contributed by atoms with Gasteiger partial charge < -0.3 is 10.1 Å². The molecule has 1 fully saturated rings. The molecule has 102 valence electrons. The van der Waals surface area contributed by atoms with Crippen LogP contribution in [0.2, 0.25) is 0 Å². The van der Waals surface area contributed by atoms with Gasteiger partial charge in [0, 0.05) is 19.8 Å². The van der Waals surface area contributed by atoms with E-state index in [4.69, 9.17) is 4.74 Å². The molecular formula is C15H31NO. The van der Waals surface area contributed by atoms with Crippen molar-refractivity contribution in [3.8, 4) is 0 Å². The zero-order valence-corrected chi connectivity index (χ0v) is 12.0. The van der Waals surface area contributed by atoms with E-state index in [2.05, 4.69) is 19.2 Å². The predicted octanol–water partition coefficient (Wildman–Crippen LogP) is 3.61. The van der Waals surface area contributed by atoms with Crippen molar-refractivity contribution in [2.75, 3.05) is 20.3 Å². The molecule has 0 spiro atoms. The molecule has 0 aromatic heterocycles. The highest BCUT2D eigenvalue weighted by molar-refractivity contribution is 4.77. The molecule has 0 amide bonds. The van der Waals surface area contributed by atoms with Gasteiger partial charge in [-0.25, -0.2) is 0 Å². The van der Waals surface area contributed by atoms with Gasteiger partial charge in [-0.05, 0) is 31.2 Å². The summed E-state index contributed by atoms with van der Waals surface area (Å²) < 4.78 is 5.13. The molecule has 0 heterocycles. The fourth-order valence-electron chi connectivity index (χ4n) is 2.97. The van der Waals surface area contributed by atoms with Crippen molar-refractivity contribution in [1.82, 2.24) is 5.32 Å². The highest BCUT2D eigenvalue weighted by Gasteiger charge is 2.24. The van der Waals surface area contributed by atoms with Crippen LogP contribution >= 0.6 is 0 Å². The smallest absolute Gasteiger partial charge is 0.0462 e. The molecule has 1 aliphatic carbocycles. The molecule has 1 rings (SSSR count). The Kier molecular flexibility index (Phi) is 7.87. The summed E-state index contributed by atoms with van der Waals surface area (Å²) in [5, 5.41) is 3.63. The molecule has 0 aliphatic heterocycles. The standard InChI is InChI=1S/C15H31NO/c1-13(2)16-12-15(10-6-7-11-17-3)14-8-4-5-9-14/h13-16H,4-12H2,1-3H3. The number of rotatable bonds is 9. The Bertz CT molecular complexity index is 176. The summed E-state index contributed by atoms with van der Waals surface area (Å²) >= 11 is 0.